The number of ether oxygens (including phenoxy) is 2. The third kappa shape index (κ3) is 6.84. The number of benzene rings is 1. The molecule has 1 aromatic carbocycles. The van der Waals surface area contributed by atoms with Crippen LogP contribution in [0.1, 0.15) is 37.3 Å². The van der Waals surface area contributed by atoms with E-state index in [4.69, 9.17) is 15.2 Å². The van der Waals surface area contributed by atoms with Crippen LogP contribution in [0.2, 0.25) is 0 Å². The van der Waals surface area contributed by atoms with E-state index in [2.05, 4.69) is 41.9 Å². The van der Waals surface area contributed by atoms with Crippen molar-refractivity contribution in [3.63, 3.8) is 0 Å². The van der Waals surface area contributed by atoms with Gasteiger partial charge in [0.25, 0.3) is 0 Å². The van der Waals surface area contributed by atoms with Gasteiger partial charge in [-0.25, -0.2) is 4.99 Å². The second-order valence-electron chi connectivity index (χ2n) is 5.94. The van der Waals surface area contributed by atoms with Crippen LogP contribution in [0.4, 0.5) is 0 Å². The quantitative estimate of drug-likeness (QED) is 0.302. The molecule has 2 rings (SSSR count). The number of hydrogen-bond donors (Lipinski definition) is 1. The van der Waals surface area contributed by atoms with E-state index in [-0.39, 0.29) is 24.0 Å². The average Bonchev–Trinajstić information content (AvgIpc) is 2.58. The fourth-order valence-electron chi connectivity index (χ4n) is 2.52. The molecule has 2 N–H and O–H groups in total. The van der Waals surface area contributed by atoms with E-state index >= 15 is 0 Å². The molecule has 0 aromatic heterocycles. The van der Waals surface area contributed by atoms with Gasteiger partial charge in [-0.3, -0.25) is 0 Å². The van der Waals surface area contributed by atoms with E-state index in [9.17, 15) is 0 Å². The van der Waals surface area contributed by atoms with E-state index in [1.165, 1.54) is 18.4 Å². The Morgan fingerprint density at radius 2 is 2.04 bits per heavy atom. The Balaban J connectivity index is 0.00000288. The maximum absolute atomic E-state index is 6.10. The molecule has 6 heteroatoms. The monoisotopic (exact) mass is 447 g/mol. The minimum absolute atomic E-state index is 0. The van der Waals surface area contributed by atoms with Crippen molar-refractivity contribution >= 4 is 29.9 Å². The molecule has 0 atom stereocenters. The molecule has 1 fully saturated rings. The number of rotatable bonds is 7. The molecular formula is C18H30IN3O2. The number of hydrogen-bond acceptors (Lipinski definition) is 3. The highest BCUT2D eigenvalue weighted by atomic mass is 127. The van der Waals surface area contributed by atoms with E-state index in [1.807, 2.05) is 0 Å². The number of aryl methyl sites for hydroxylation is 1. The normalized spacial score (nSPS) is 15.1. The van der Waals surface area contributed by atoms with Crippen molar-refractivity contribution in [2.24, 2.45) is 10.7 Å². The summed E-state index contributed by atoms with van der Waals surface area (Å²) in [6.07, 6.45) is 3.48. The van der Waals surface area contributed by atoms with Crippen molar-refractivity contribution in [2.75, 3.05) is 32.9 Å². The molecule has 0 spiro atoms. The van der Waals surface area contributed by atoms with Crippen molar-refractivity contribution in [1.82, 2.24) is 4.90 Å². The zero-order valence-electron chi connectivity index (χ0n) is 14.8. The van der Waals surface area contributed by atoms with Crippen molar-refractivity contribution in [3.8, 4) is 5.75 Å². The predicted molar refractivity (Wildman–Crippen MR) is 109 cm³/mol. The second kappa shape index (κ2) is 11.5. The first kappa shape index (κ1) is 21.0. The van der Waals surface area contributed by atoms with Gasteiger partial charge in [0.15, 0.2) is 5.96 Å². The van der Waals surface area contributed by atoms with Gasteiger partial charge >= 0.3 is 0 Å². The first-order valence-electron chi connectivity index (χ1n) is 8.55. The van der Waals surface area contributed by atoms with Crippen LogP contribution in [0, 0.1) is 6.92 Å². The maximum Gasteiger partial charge on any atom is 0.191 e. The molecule has 0 aliphatic carbocycles. The van der Waals surface area contributed by atoms with Crippen molar-refractivity contribution < 1.29 is 9.47 Å². The lowest BCUT2D eigenvalue weighted by Crippen LogP contribution is -2.44. The maximum atomic E-state index is 6.10. The number of nitrogens with two attached hydrogens (primary N) is 1. The van der Waals surface area contributed by atoms with Crippen LogP contribution in [0.3, 0.4) is 0 Å². The smallest absolute Gasteiger partial charge is 0.191 e. The van der Waals surface area contributed by atoms with Crippen molar-refractivity contribution in [3.05, 3.63) is 29.3 Å². The summed E-state index contributed by atoms with van der Waals surface area (Å²) in [6, 6.07) is 6.26. The van der Waals surface area contributed by atoms with Crippen LogP contribution in [0.5, 0.6) is 5.75 Å². The van der Waals surface area contributed by atoms with Crippen LogP contribution in [0.25, 0.3) is 0 Å². The lowest BCUT2D eigenvalue weighted by atomic mass is 10.1. The zero-order valence-corrected chi connectivity index (χ0v) is 17.1. The molecule has 0 saturated carbocycles. The van der Waals surface area contributed by atoms with Gasteiger partial charge < -0.3 is 20.1 Å². The van der Waals surface area contributed by atoms with Gasteiger partial charge in [0.1, 0.15) is 5.75 Å². The molecule has 1 aliphatic rings. The largest absolute Gasteiger partial charge is 0.493 e. The lowest BCUT2D eigenvalue weighted by Gasteiger charge is -2.27. The average molecular weight is 447 g/mol. The Morgan fingerprint density at radius 1 is 1.29 bits per heavy atom. The van der Waals surface area contributed by atoms with Crippen LogP contribution >= 0.6 is 24.0 Å². The molecule has 1 aromatic rings. The van der Waals surface area contributed by atoms with E-state index in [0.29, 0.717) is 25.7 Å². The second-order valence-corrected chi connectivity index (χ2v) is 5.94. The molecular weight excluding hydrogens is 417 g/mol. The van der Waals surface area contributed by atoms with Crippen molar-refractivity contribution in [2.45, 2.75) is 39.7 Å². The summed E-state index contributed by atoms with van der Waals surface area (Å²) in [5.74, 6) is 1.52. The number of nitrogens with zero attached hydrogens (tertiary/aromatic N) is 2. The molecule has 0 bridgehead atoms. The number of morpholine rings is 1. The van der Waals surface area contributed by atoms with E-state index in [0.717, 1.165) is 37.4 Å². The Hall–Kier alpha value is -1.02. The number of aliphatic imine (C=N–C) groups is 1. The number of halogens is 1. The summed E-state index contributed by atoms with van der Waals surface area (Å²) in [5.41, 5.74) is 8.38. The van der Waals surface area contributed by atoms with Gasteiger partial charge in [-0.15, -0.1) is 24.0 Å². The fraction of sp³-hybridized carbons (Fsp3) is 0.611. The topological polar surface area (TPSA) is 60.1 Å². The molecule has 0 unspecified atom stereocenters. The van der Waals surface area contributed by atoms with Gasteiger partial charge in [-0.1, -0.05) is 31.9 Å². The zero-order chi connectivity index (χ0) is 16.5. The summed E-state index contributed by atoms with van der Waals surface area (Å²) >= 11 is 0. The third-order valence-electron chi connectivity index (χ3n) is 3.97. The van der Waals surface area contributed by atoms with Crippen LogP contribution in [0.15, 0.2) is 23.2 Å². The minimum atomic E-state index is 0. The molecule has 5 nitrogen and oxygen atoms in total. The molecule has 0 amide bonds. The Labute approximate surface area is 162 Å². The molecule has 0 radical (unpaired) electrons. The van der Waals surface area contributed by atoms with Gasteiger partial charge in [0.05, 0.1) is 26.4 Å². The van der Waals surface area contributed by atoms with Gasteiger partial charge in [0, 0.05) is 18.7 Å². The van der Waals surface area contributed by atoms with Crippen LogP contribution < -0.4 is 10.5 Å². The van der Waals surface area contributed by atoms with Gasteiger partial charge in [-0.05, 0) is 25.0 Å². The SMILES string of the molecule is CCCCCOc1cc(C)ccc1CN=C(N)N1CCOCC1.I. The summed E-state index contributed by atoms with van der Waals surface area (Å²) in [5, 5.41) is 0. The Morgan fingerprint density at radius 3 is 2.75 bits per heavy atom. The summed E-state index contributed by atoms with van der Waals surface area (Å²) in [4.78, 5) is 6.61. The molecule has 1 aliphatic heterocycles. The highest BCUT2D eigenvalue weighted by molar-refractivity contribution is 14.0. The van der Waals surface area contributed by atoms with E-state index < -0.39 is 0 Å². The summed E-state index contributed by atoms with van der Waals surface area (Å²) in [6.45, 7) is 8.63. The van der Waals surface area contributed by atoms with Crippen LogP contribution in [-0.2, 0) is 11.3 Å². The molecule has 136 valence electrons. The Kier molecular flexibility index (Phi) is 10.1. The Bertz CT molecular complexity index is 517. The molecule has 24 heavy (non-hydrogen) atoms. The van der Waals surface area contributed by atoms with Gasteiger partial charge in [0.2, 0.25) is 0 Å². The first-order chi connectivity index (χ1) is 11.2. The third-order valence-corrected chi connectivity index (χ3v) is 3.97. The van der Waals surface area contributed by atoms with E-state index in [1.54, 1.807) is 0 Å². The first-order valence-corrected chi connectivity index (χ1v) is 8.55. The standard InChI is InChI=1S/C18H29N3O2.HI/c1-3-4-5-10-23-17-13-15(2)6-7-16(17)14-20-18(19)21-8-11-22-12-9-21;/h6-7,13H,3-5,8-12,14H2,1-2H3,(H2,19,20);1H. The predicted octanol–water partition coefficient (Wildman–Crippen LogP) is 3.33. The molecule has 1 heterocycles. The van der Waals surface area contributed by atoms with Crippen molar-refractivity contribution in [1.29, 1.82) is 0 Å². The van der Waals surface area contributed by atoms with Gasteiger partial charge in [-0.2, -0.15) is 0 Å². The highest BCUT2D eigenvalue weighted by Gasteiger charge is 2.12. The number of guanidine groups is 1. The molecule has 1 saturated heterocycles. The minimum Gasteiger partial charge on any atom is -0.493 e. The van der Waals surface area contributed by atoms with Crippen LogP contribution in [-0.4, -0.2) is 43.8 Å². The fourth-order valence-corrected chi connectivity index (χ4v) is 2.52. The summed E-state index contributed by atoms with van der Waals surface area (Å²) in [7, 11) is 0. The summed E-state index contributed by atoms with van der Waals surface area (Å²) < 4.78 is 11.3. The highest BCUT2D eigenvalue weighted by Crippen LogP contribution is 2.22. The lowest BCUT2D eigenvalue weighted by molar-refractivity contribution is 0.0674. The number of unbranched alkanes of at least 4 members (excludes halogenated alkanes) is 2.